The van der Waals surface area contributed by atoms with Crippen LogP contribution in [-0.2, 0) is 0 Å². The minimum atomic E-state index is -0.302. The van der Waals surface area contributed by atoms with Gasteiger partial charge in [-0.3, -0.25) is 4.79 Å². The summed E-state index contributed by atoms with van der Waals surface area (Å²) in [5.74, 6) is -0.302. The number of hydrogen-bond acceptors (Lipinski definition) is 3. The van der Waals surface area contributed by atoms with E-state index in [1.807, 2.05) is 0 Å². The van der Waals surface area contributed by atoms with Gasteiger partial charge in [0.1, 0.15) is 12.1 Å². The molecule has 0 fully saturated rings. The monoisotopic (exact) mass is 242 g/mol. The lowest BCUT2D eigenvalue weighted by atomic mass is 10.1. The molecule has 0 aliphatic heterocycles. The zero-order valence-corrected chi connectivity index (χ0v) is 9.48. The summed E-state index contributed by atoms with van der Waals surface area (Å²) in [7, 11) is 0. The van der Waals surface area contributed by atoms with Crippen molar-refractivity contribution in [2.24, 2.45) is 0 Å². The molecular weight excluding hydrogens is 231 g/mol. The van der Waals surface area contributed by atoms with E-state index in [0.717, 1.165) is 12.0 Å². The van der Waals surface area contributed by atoms with Gasteiger partial charge in [-0.2, -0.15) is 0 Å². The first-order valence-corrected chi connectivity index (χ1v) is 5.35. The van der Waals surface area contributed by atoms with Gasteiger partial charge >= 0.3 is 0 Å². The summed E-state index contributed by atoms with van der Waals surface area (Å²) in [6.45, 7) is 0. The molecule has 0 saturated heterocycles. The van der Waals surface area contributed by atoms with E-state index in [2.05, 4.69) is 5.32 Å². The number of benzene rings is 2. The van der Waals surface area contributed by atoms with Crippen LogP contribution in [0.5, 0.6) is 0 Å². The molecule has 0 saturated carbocycles. The van der Waals surface area contributed by atoms with E-state index in [0.29, 0.717) is 16.8 Å². The fraction of sp³-hybridized carbons (Fsp3) is 0. The van der Waals surface area contributed by atoms with Crippen molar-refractivity contribution >= 4 is 23.9 Å². The molecule has 0 radical (unpaired) electrons. The standard InChI is InChI=1S/C14H11FN2O/c15-12-2-4-13(5-3-12)17-14-6-1-10(9-18)7-11(14)8-16/h1-9,16-17H. The number of halogens is 1. The van der Waals surface area contributed by atoms with Crippen molar-refractivity contribution in [3.8, 4) is 0 Å². The summed E-state index contributed by atoms with van der Waals surface area (Å²) >= 11 is 0. The maximum absolute atomic E-state index is 12.8. The Morgan fingerprint density at radius 1 is 1.11 bits per heavy atom. The topological polar surface area (TPSA) is 53.0 Å². The Balaban J connectivity index is 2.30. The molecule has 0 spiro atoms. The highest BCUT2D eigenvalue weighted by Gasteiger charge is 2.02. The quantitative estimate of drug-likeness (QED) is 0.638. The normalized spacial score (nSPS) is 9.83. The third-order valence-electron chi connectivity index (χ3n) is 2.49. The predicted molar refractivity (Wildman–Crippen MR) is 69.4 cm³/mol. The second-order valence-electron chi connectivity index (χ2n) is 3.74. The van der Waals surface area contributed by atoms with Crippen LogP contribution < -0.4 is 5.32 Å². The Hall–Kier alpha value is -2.49. The Morgan fingerprint density at radius 2 is 1.83 bits per heavy atom. The number of rotatable bonds is 4. The van der Waals surface area contributed by atoms with Gasteiger partial charge in [0.25, 0.3) is 0 Å². The Morgan fingerprint density at radius 3 is 2.44 bits per heavy atom. The highest BCUT2D eigenvalue weighted by atomic mass is 19.1. The first-order chi connectivity index (χ1) is 8.72. The molecule has 0 heterocycles. The third-order valence-corrected chi connectivity index (χ3v) is 2.49. The van der Waals surface area contributed by atoms with E-state index in [1.165, 1.54) is 18.3 Å². The number of nitrogens with one attached hydrogen (secondary N) is 2. The maximum Gasteiger partial charge on any atom is 0.150 e. The summed E-state index contributed by atoms with van der Waals surface area (Å²) in [5, 5.41) is 10.4. The maximum atomic E-state index is 12.8. The van der Waals surface area contributed by atoms with Crippen molar-refractivity contribution in [2.45, 2.75) is 0 Å². The molecule has 18 heavy (non-hydrogen) atoms. The Kier molecular flexibility index (Phi) is 3.48. The van der Waals surface area contributed by atoms with E-state index in [-0.39, 0.29) is 5.82 Å². The highest BCUT2D eigenvalue weighted by molar-refractivity contribution is 5.90. The van der Waals surface area contributed by atoms with Crippen molar-refractivity contribution in [3.05, 3.63) is 59.4 Å². The SMILES string of the molecule is N=Cc1cc(C=O)ccc1Nc1ccc(F)cc1. The minimum Gasteiger partial charge on any atom is -0.355 e. The largest absolute Gasteiger partial charge is 0.355 e. The van der Waals surface area contributed by atoms with E-state index in [1.54, 1.807) is 30.3 Å². The summed E-state index contributed by atoms with van der Waals surface area (Å²) in [4.78, 5) is 10.6. The molecule has 0 bridgehead atoms. The Labute approximate surface area is 104 Å². The van der Waals surface area contributed by atoms with Gasteiger partial charge in [-0.25, -0.2) is 4.39 Å². The second kappa shape index (κ2) is 5.23. The van der Waals surface area contributed by atoms with Gasteiger partial charge in [0.15, 0.2) is 0 Å². The second-order valence-corrected chi connectivity index (χ2v) is 3.74. The lowest BCUT2D eigenvalue weighted by Crippen LogP contribution is -1.96. The highest BCUT2D eigenvalue weighted by Crippen LogP contribution is 2.20. The average molecular weight is 242 g/mol. The van der Waals surface area contributed by atoms with Gasteiger partial charge in [0.05, 0.1) is 0 Å². The lowest BCUT2D eigenvalue weighted by Gasteiger charge is -2.09. The van der Waals surface area contributed by atoms with Crippen LogP contribution in [0.3, 0.4) is 0 Å². The van der Waals surface area contributed by atoms with Crippen molar-refractivity contribution < 1.29 is 9.18 Å². The van der Waals surface area contributed by atoms with Gasteiger partial charge in [0, 0.05) is 28.7 Å². The van der Waals surface area contributed by atoms with Crippen molar-refractivity contribution in [1.82, 2.24) is 0 Å². The molecule has 0 amide bonds. The molecule has 4 heteroatoms. The summed E-state index contributed by atoms with van der Waals surface area (Å²) in [6.07, 6.45) is 1.90. The van der Waals surface area contributed by atoms with E-state index in [4.69, 9.17) is 5.41 Å². The summed E-state index contributed by atoms with van der Waals surface area (Å²) in [6, 6.07) is 10.9. The van der Waals surface area contributed by atoms with Crippen LogP contribution in [0.4, 0.5) is 15.8 Å². The van der Waals surface area contributed by atoms with Crippen LogP contribution in [0.1, 0.15) is 15.9 Å². The van der Waals surface area contributed by atoms with Crippen LogP contribution in [0.25, 0.3) is 0 Å². The van der Waals surface area contributed by atoms with Gasteiger partial charge in [-0.1, -0.05) is 0 Å². The van der Waals surface area contributed by atoms with Gasteiger partial charge < -0.3 is 10.7 Å². The number of aldehydes is 1. The van der Waals surface area contributed by atoms with Crippen molar-refractivity contribution in [2.75, 3.05) is 5.32 Å². The predicted octanol–water partition coefficient (Wildman–Crippen LogP) is 3.38. The molecule has 0 aliphatic rings. The smallest absolute Gasteiger partial charge is 0.150 e. The molecular formula is C14H11FN2O. The number of hydrogen-bond donors (Lipinski definition) is 2. The van der Waals surface area contributed by atoms with E-state index < -0.39 is 0 Å². The summed E-state index contributed by atoms with van der Waals surface area (Å²) in [5.41, 5.74) is 2.53. The number of anilines is 2. The molecule has 3 nitrogen and oxygen atoms in total. The zero-order valence-electron chi connectivity index (χ0n) is 9.48. The first kappa shape index (κ1) is 12.0. The minimum absolute atomic E-state index is 0.302. The van der Waals surface area contributed by atoms with E-state index >= 15 is 0 Å². The van der Waals surface area contributed by atoms with Crippen LogP contribution in [0, 0.1) is 11.2 Å². The van der Waals surface area contributed by atoms with Crippen LogP contribution in [-0.4, -0.2) is 12.5 Å². The molecule has 0 atom stereocenters. The van der Waals surface area contributed by atoms with Crippen molar-refractivity contribution in [1.29, 1.82) is 5.41 Å². The molecule has 0 aliphatic carbocycles. The average Bonchev–Trinajstić information content (AvgIpc) is 2.41. The lowest BCUT2D eigenvalue weighted by molar-refractivity contribution is 0.112. The van der Waals surface area contributed by atoms with Crippen LogP contribution >= 0.6 is 0 Å². The third kappa shape index (κ3) is 2.60. The molecule has 0 aromatic heterocycles. The van der Waals surface area contributed by atoms with Crippen molar-refractivity contribution in [3.63, 3.8) is 0 Å². The Bertz CT molecular complexity index is 579. The van der Waals surface area contributed by atoms with Crippen LogP contribution in [0.15, 0.2) is 42.5 Å². The van der Waals surface area contributed by atoms with Crippen LogP contribution in [0.2, 0.25) is 0 Å². The number of carbonyl (C=O) groups excluding carboxylic acids is 1. The first-order valence-electron chi connectivity index (χ1n) is 5.35. The molecule has 2 aromatic carbocycles. The number of carbonyl (C=O) groups is 1. The zero-order chi connectivity index (χ0) is 13.0. The van der Waals surface area contributed by atoms with Gasteiger partial charge in [0.2, 0.25) is 0 Å². The fourth-order valence-corrected chi connectivity index (χ4v) is 1.58. The summed E-state index contributed by atoms with van der Waals surface area (Å²) < 4.78 is 12.8. The molecule has 0 unspecified atom stereocenters. The van der Waals surface area contributed by atoms with Gasteiger partial charge in [-0.15, -0.1) is 0 Å². The van der Waals surface area contributed by atoms with E-state index in [9.17, 15) is 9.18 Å². The molecule has 2 aromatic rings. The molecule has 2 rings (SSSR count). The molecule has 2 N–H and O–H groups in total. The fourth-order valence-electron chi connectivity index (χ4n) is 1.58. The van der Waals surface area contributed by atoms with Gasteiger partial charge in [-0.05, 0) is 42.5 Å². The molecule has 90 valence electrons.